The largest absolute Gasteiger partial charge is 0.355 e. The number of thiazole rings is 1. The zero-order valence-corrected chi connectivity index (χ0v) is 13.4. The minimum absolute atomic E-state index is 0.177. The fourth-order valence-electron chi connectivity index (χ4n) is 2.68. The van der Waals surface area contributed by atoms with Gasteiger partial charge in [-0.1, -0.05) is 30.3 Å². The second-order valence-electron chi connectivity index (χ2n) is 5.58. The Morgan fingerprint density at radius 3 is 2.82 bits per heavy atom. The van der Waals surface area contributed by atoms with E-state index < -0.39 is 0 Å². The quantitative estimate of drug-likeness (QED) is 0.891. The minimum Gasteiger partial charge on any atom is -0.355 e. The number of amides is 1. The first-order valence-corrected chi connectivity index (χ1v) is 8.69. The van der Waals surface area contributed by atoms with Gasteiger partial charge in [0.2, 0.25) is 5.91 Å². The lowest BCUT2D eigenvalue weighted by atomic mass is 9.97. The number of benzene rings is 1. The maximum Gasteiger partial charge on any atom is 0.223 e. The van der Waals surface area contributed by atoms with Gasteiger partial charge in [0.25, 0.3) is 0 Å². The molecule has 5 heteroatoms. The number of piperidine rings is 1. The highest BCUT2D eigenvalue weighted by Gasteiger charge is 2.20. The number of hydrogen-bond donors (Lipinski definition) is 2. The summed E-state index contributed by atoms with van der Waals surface area (Å²) < 4.78 is 0. The number of carbonyl (C=O) groups is 1. The number of hydrogen-bond acceptors (Lipinski definition) is 4. The molecule has 116 valence electrons. The van der Waals surface area contributed by atoms with Crippen molar-refractivity contribution in [3.05, 3.63) is 41.4 Å². The molecule has 4 nitrogen and oxygen atoms in total. The Morgan fingerprint density at radius 1 is 1.27 bits per heavy atom. The van der Waals surface area contributed by atoms with Crippen molar-refractivity contribution in [2.45, 2.75) is 19.3 Å². The number of aromatic nitrogens is 1. The van der Waals surface area contributed by atoms with E-state index in [1.54, 1.807) is 11.3 Å². The third-order valence-electron chi connectivity index (χ3n) is 3.96. The summed E-state index contributed by atoms with van der Waals surface area (Å²) in [7, 11) is 0. The van der Waals surface area contributed by atoms with Crippen molar-refractivity contribution in [1.29, 1.82) is 0 Å². The van der Waals surface area contributed by atoms with Crippen LogP contribution in [0.1, 0.15) is 18.5 Å². The SMILES string of the molecule is O=C(NCCc1csc(-c2ccccc2)n1)C1CCNCC1. The molecule has 2 N–H and O–H groups in total. The van der Waals surface area contributed by atoms with Gasteiger partial charge in [-0.25, -0.2) is 4.98 Å². The predicted molar refractivity (Wildman–Crippen MR) is 89.9 cm³/mol. The summed E-state index contributed by atoms with van der Waals surface area (Å²) in [6.45, 7) is 2.57. The highest BCUT2D eigenvalue weighted by molar-refractivity contribution is 7.13. The first kappa shape index (κ1) is 15.2. The van der Waals surface area contributed by atoms with Crippen LogP contribution in [0.5, 0.6) is 0 Å². The average molecular weight is 315 g/mol. The Labute approximate surface area is 135 Å². The fourth-order valence-corrected chi connectivity index (χ4v) is 3.54. The molecule has 1 aliphatic rings. The Kier molecular flexibility index (Phi) is 5.19. The van der Waals surface area contributed by atoms with E-state index in [-0.39, 0.29) is 11.8 Å². The predicted octanol–water partition coefficient (Wildman–Crippen LogP) is 2.47. The van der Waals surface area contributed by atoms with Gasteiger partial charge in [-0.3, -0.25) is 4.79 Å². The summed E-state index contributed by atoms with van der Waals surface area (Å²) in [5.74, 6) is 0.372. The molecule has 3 rings (SSSR count). The lowest BCUT2D eigenvalue weighted by molar-refractivity contribution is -0.125. The molecule has 1 amide bonds. The first-order valence-electron chi connectivity index (χ1n) is 7.81. The molecule has 0 atom stereocenters. The van der Waals surface area contributed by atoms with Gasteiger partial charge in [-0.2, -0.15) is 0 Å². The molecule has 0 bridgehead atoms. The maximum atomic E-state index is 12.1. The van der Waals surface area contributed by atoms with E-state index in [1.165, 1.54) is 0 Å². The molecular formula is C17H21N3OS. The lowest BCUT2D eigenvalue weighted by Gasteiger charge is -2.21. The second-order valence-corrected chi connectivity index (χ2v) is 6.43. The molecule has 2 aromatic rings. The van der Waals surface area contributed by atoms with Gasteiger partial charge in [0.05, 0.1) is 5.69 Å². The molecule has 1 aliphatic heterocycles. The van der Waals surface area contributed by atoms with Crippen LogP contribution in [-0.2, 0) is 11.2 Å². The van der Waals surface area contributed by atoms with E-state index in [0.29, 0.717) is 6.54 Å². The van der Waals surface area contributed by atoms with Gasteiger partial charge >= 0.3 is 0 Å². The van der Waals surface area contributed by atoms with Crippen LogP contribution in [0.3, 0.4) is 0 Å². The van der Waals surface area contributed by atoms with Crippen LogP contribution in [0.25, 0.3) is 10.6 Å². The van der Waals surface area contributed by atoms with Crippen LogP contribution >= 0.6 is 11.3 Å². The van der Waals surface area contributed by atoms with Crippen LogP contribution in [-0.4, -0.2) is 30.5 Å². The Morgan fingerprint density at radius 2 is 2.05 bits per heavy atom. The first-order chi connectivity index (χ1) is 10.8. The van der Waals surface area contributed by atoms with Gasteiger partial charge in [-0.15, -0.1) is 11.3 Å². The van der Waals surface area contributed by atoms with Crippen LogP contribution in [0, 0.1) is 5.92 Å². The molecular weight excluding hydrogens is 294 g/mol. The summed E-state index contributed by atoms with van der Waals surface area (Å²) in [6.07, 6.45) is 2.68. The van der Waals surface area contributed by atoms with E-state index in [1.807, 2.05) is 18.2 Å². The Hall–Kier alpha value is -1.72. The molecule has 0 saturated carbocycles. The van der Waals surface area contributed by atoms with Crippen molar-refractivity contribution < 1.29 is 4.79 Å². The Balaban J connectivity index is 1.48. The van der Waals surface area contributed by atoms with Crippen molar-refractivity contribution in [1.82, 2.24) is 15.6 Å². The van der Waals surface area contributed by atoms with Crippen LogP contribution in [0.4, 0.5) is 0 Å². The topological polar surface area (TPSA) is 54.0 Å². The van der Waals surface area contributed by atoms with E-state index in [2.05, 4.69) is 33.1 Å². The highest BCUT2D eigenvalue weighted by Crippen LogP contribution is 2.23. The van der Waals surface area contributed by atoms with Crippen molar-refractivity contribution in [3.8, 4) is 10.6 Å². The van der Waals surface area contributed by atoms with Gasteiger partial charge in [0.1, 0.15) is 5.01 Å². The zero-order chi connectivity index (χ0) is 15.2. The molecule has 1 saturated heterocycles. The average Bonchev–Trinajstić information content (AvgIpc) is 3.05. The lowest BCUT2D eigenvalue weighted by Crippen LogP contribution is -2.38. The molecule has 22 heavy (non-hydrogen) atoms. The van der Waals surface area contributed by atoms with E-state index in [9.17, 15) is 4.79 Å². The van der Waals surface area contributed by atoms with Gasteiger partial charge < -0.3 is 10.6 Å². The van der Waals surface area contributed by atoms with E-state index in [0.717, 1.165) is 48.6 Å². The summed E-state index contributed by atoms with van der Waals surface area (Å²) in [5.41, 5.74) is 2.20. The summed E-state index contributed by atoms with van der Waals surface area (Å²) >= 11 is 1.66. The monoisotopic (exact) mass is 315 g/mol. The van der Waals surface area contributed by atoms with Gasteiger partial charge in [-0.05, 0) is 25.9 Å². The van der Waals surface area contributed by atoms with Crippen molar-refractivity contribution in [2.75, 3.05) is 19.6 Å². The van der Waals surface area contributed by atoms with Crippen LogP contribution < -0.4 is 10.6 Å². The number of carbonyl (C=O) groups excluding carboxylic acids is 1. The normalized spacial score (nSPS) is 15.6. The van der Waals surface area contributed by atoms with Crippen LogP contribution in [0.15, 0.2) is 35.7 Å². The third kappa shape index (κ3) is 3.93. The summed E-state index contributed by atoms with van der Waals surface area (Å²) in [4.78, 5) is 16.7. The van der Waals surface area contributed by atoms with Gasteiger partial charge in [0.15, 0.2) is 0 Å². The highest BCUT2D eigenvalue weighted by atomic mass is 32.1. The molecule has 0 aliphatic carbocycles. The van der Waals surface area contributed by atoms with Gasteiger partial charge in [0, 0.05) is 29.8 Å². The number of nitrogens with zero attached hydrogens (tertiary/aromatic N) is 1. The zero-order valence-electron chi connectivity index (χ0n) is 12.5. The number of nitrogens with one attached hydrogen (secondary N) is 2. The minimum atomic E-state index is 0.177. The van der Waals surface area contributed by atoms with Crippen molar-refractivity contribution in [3.63, 3.8) is 0 Å². The van der Waals surface area contributed by atoms with E-state index >= 15 is 0 Å². The molecule has 1 fully saturated rings. The Bertz CT molecular complexity index is 605. The summed E-state index contributed by atoms with van der Waals surface area (Å²) in [5, 5.41) is 9.45. The van der Waals surface area contributed by atoms with Crippen LogP contribution in [0.2, 0.25) is 0 Å². The molecule has 1 aromatic carbocycles. The molecule has 0 spiro atoms. The molecule has 1 aromatic heterocycles. The summed E-state index contributed by atoms with van der Waals surface area (Å²) in [6, 6.07) is 10.2. The maximum absolute atomic E-state index is 12.1. The molecule has 2 heterocycles. The van der Waals surface area contributed by atoms with Crippen molar-refractivity contribution >= 4 is 17.2 Å². The standard InChI is InChI=1S/C17H21N3OS/c21-16(13-6-9-18-10-7-13)19-11-8-15-12-22-17(20-15)14-4-2-1-3-5-14/h1-5,12-13,18H,6-11H2,(H,19,21). The fraction of sp³-hybridized carbons (Fsp3) is 0.412. The number of rotatable bonds is 5. The molecule has 0 radical (unpaired) electrons. The second kappa shape index (κ2) is 7.51. The third-order valence-corrected chi connectivity index (χ3v) is 4.90. The van der Waals surface area contributed by atoms with E-state index in [4.69, 9.17) is 0 Å². The molecule has 0 unspecified atom stereocenters. The van der Waals surface area contributed by atoms with Crippen molar-refractivity contribution in [2.24, 2.45) is 5.92 Å². The smallest absolute Gasteiger partial charge is 0.223 e.